The van der Waals surface area contributed by atoms with Crippen LogP contribution in [0.2, 0.25) is 0 Å². The minimum atomic E-state index is -0.413. The van der Waals surface area contributed by atoms with Crippen LogP contribution in [0, 0.1) is 12.8 Å². The van der Waals surface area contributed by atoms with E-state index in [-0.39, 0.29) is 30.3 Å². The Morgan fingerprint density at radius 1 is 1.03 bits per heavy atom. The molecule has 1 N–H and O–H groups in total. The number of anilines is 2. The molecule has 0 spiro atoms. The van der Waals surface area contributed by atoms with Gasteiger partial charge >= 0.3 is 6.03 Å². The molecule has 2 atom stereocenters. The SMILES string of the molecule is Cc1cccc(NC(=O)CN2C(=O)N(c3ccccc3)C(=O)C3CCCCC32)c1. The monoisotopic (exact) mass is 391 g/mol. The van der Waals surface area contributed by atoms with Crippen LogP contribution < -0.4 is 10.2 Å². The van der Waals surface area contributed by atoms with E-state index in [0.717, 1.165) is 31.2 Å². The number of nitrogens with one attached hydrogen (secondary N) is 1. The van der Waals surface area contributed by atoms with Crippen molar-refractivity contribution in [1.29, 1.82) is 0 Å². The molecule has 1 aliphatic heterocycles. The van der Waals surface area contributed by atoms with E-state index in [2.05, 4.69) is 5.32 Å². The summed E-state index contributed by atoms with van der Waals surface area (Å²) in [6.45, 7) is 1.89. The number of benzene rings is 2. The average molecular weight is 391 g/mol. The van der Waals surface area contributed by atoms with Crippen LogP contribution in [-0.2, 0) is 9.59 Å². The molecule has 4 rings (SSSR count). The van der Waals surface area contributed by atoms with Gasteiger partial charge in [0.05, 0.1) is 11.6 Å². The van der Waals surface area contributed by atoms with Crippen LogP contribution in [0.15, 0.2) is 54.6 Å². The van der Waals surface area contributed by atoms with Gasteiger partial charge in [0.15, 0.2) is 0 Å². The molecule has 0 bridgehead atoms. The van der Waals surface area contributed by atoms with Crippen molar-refractivity contribution in [3.05, 3.63) is 60.2 Å². The average Bonchev–Trinajstić information content (AvgIpc) is 2.72. The fourth-order valence-electron chi connectivity index (χ4n) is 4.38. The van der Waals surface area contributed by atoms with Crippen LogP contribution in [0.3, 0.4) is 0 Å². The third-order valence-corrected chi connectivity index (χ3v) is 5.73. The standard InChI is InChI=1S/C23H25N3O3/c1-16-8-7-9-17(14-16)24-21(27)15-25-20-13-6-5-12-19(20)22(28)26(23(25)29)18-10-3-2-4-11-18/h2-4,7-11,14,19-20H,5-6,12-13,15H2,1H3,(H,24,27). The van der Waals surface area contributed by atoms with Crippen LogP contribution in [0.25, 0.3) is 0 Å². The first-order chi connectivity index (χ1) is 14.0. The molecule has 1 saturated heterocycles. The zero-order chi connectivity index (χ0) is 20.4. The molecule has 6 nitrogen and oxygen atoms in total. The Labute approximate surface area is 170 Å². The molecule has 2 aromatic carbocycles. The summed E-state index contributed by atoms with van der Waals surface area (Å²) in [6, 6.07) is 15.9. The van der Waals surface area contributed by atoms with Crippen LogP contribution in [0.5, 0.6) is 0 Å². The predicted molar refractivity (Wildman–Crippen MR) is 112 cm³/mol. The highest BCUT2D eigenvalue weighted by molar-refractivity contribution is 6.17. The van der Waals surface area contributed by atoms with Gasteiger partial charge in [0.2, 0.25) is 11.8 Å². The van der Waals surface area contributed by atoms with E-state index in [1.807, 2.05) is 37.3 Å². The molecule has 2 aromatic rings. The quantitative estimate of drug-likeness (QED) is 0.858. The maximum absolute atomic E-state index is 13.3. The van der Waals surface area contributed by atoms with E-state index >= 15 is 0 Å². The van der Waals surface area contributed by atoms with Crippen molar-refractivity contribution in [2.45, 2.75) is 38.6 Å². The van der Waals surface area contributed by atoms with Crippen molar-refractivity contribution in [1.82, 2.24) is 4.90 Å². The third-order valence-electron chi connectivity index (χ3n) is 5.73. The summed E-state index contributed by atoms with van der Waals surface area (Å²) in [6.07, 6.45) is 3.43. The van der Waals surface area contributed by atoms with Gasteiger partial charge in [0.25, 0.3) is 0 Å². The summed E-state index contributed by atoms with van der Waals surface area (Å²) in [5.74, 6) is -0.662. The van der Waals surface area contributed by atoms with Gasteiger partial charge in [-0.2, -0.15) is 0 Å². The second-order valence-corrected chi connectivity index (χ2v) is 7.80. The van der Waals surface area contributed by atoms with Crippen molar-refractivity contribution in [3.63, 3.8) is 0 Å². The Kier molecular flexibility index (Phi) is 5.34. The zero-order valence-corrected chi connectivity index (χ0v) is 16.5. The van der Waals surface area contributed by atoms with Gasteiger partial charge in [-0.3, -0.25) is 9.59 Å². The Hall–Kier alpha value is -3.15. The van der Waals surface area contributed by atoms with E-state index in [4.69, 9.17) is 0 Å². The maximum Gasteiger partial charge on any atom is 0.332 e. The molecule has 1 aliphatic carbocycles. The molecule has 4 amide bonds. The van der Waals surface area contributed by atoms with Gasteiger partial charge < -0.3 is 10.2 Å². The summed E-state index contributed by atoms with van der Waals surface area (Å²) in [7, 11) is 0. The number of carbonyl (C=O) groups is 3. The van der Waals surface area contributed by atoms with Gasteiger partial charge in [0.1, 0.15) is 6.54 Å². The second kappa shape index (κ2) is 8.07. The summed E-state index contributed by atoms with van der Waals surface area (Å²) in [5.41, 5.74) is 2.30. The normalized spacial score (nSPS) is 21.7. The highest BCUT2D eigenvalue weighted by atomic mass is 16.2. The minimum Gasteiger partial charge on any atom is -0.325 e. The number of rotatable bonds is 4. The van der Waals surface area contributed by atoms with Gasteiger partial charge in [0, 0.05) is 11.7 Å². The van der Waals surface area contributed by atoms with Crippen LogP contribution in [-0.4, -0.2) is 35.3 Å². The first-order valence-electron chi connectivity index (χ1n) is 10.1. The molecular weight excluding hydrogens is 366 g/mol. The Morgan fingerprint density at radius 3 is 2.55 bits per heavy atom. The number of carbonyl (C=O) groups excluding carboxylic acids is 3. The summed E-state index contributed by atoms with van der Waals surface area (Å²) < 4.78 is 0. The first-order valence-corrected chi connectivity index (χ1v) is 10.1. The van der Waals surface area contributed by atoms with Gasteiger partial charge in [-0.05, 0) is 49.6 Å². The maximum atomic E-state index is 13.3. The molecule has 2 aliphatic rings. The Balaban J connectivity index is 1.58. The molecule has 6 heteroatoms. The van der Waals surface area contributed by atoms with Gasteiger partial charge in [-0.25, -0.2) is 9.69 Å². The predicted octanol–water partition coefficient (Wildman–Crippen LogP) is 3.96. The molecular formula is C23H25N3O3. The number of amides is 4. The number of fused-ring (bicyclic) bond motifs is 1. The lowest BCUT2D eigenvalue weighted by atomic mass is 9.81. The van der Waals surface area contributed by atoms with Crippen LogP contribution >= 0.6 is 0 Å². The van der Waals surface area contributed by atoms with Crippen LogP contribution in [0.1, 0.15) is 31.2 Å². The third kappa shape index (κ3) is 3.88. The smallest absolute Gasteiger partial charge is 0.325 e. The topological polar surface area (TPSA) is 69.7 Å². The minimum absolute atomic E-state index is 0.0649. The molecule has 1 saturated carbocycles. The fourth-order valence-corrected chi connectivity index (χ4v) is 4.38. The zero-order valence-electron chi connectivity index (χ0n) is 16.5. The largest absolute Gasteiger partial charge is 0.332 e. The van der Waals surface area contributed by atoms with Gasteiger partial charge in [-0.1, -0.05) is 43.2 Å². The van der Waals surface area contributed by atoms with Crippen molar-refractivity contribution in [2.24, 2.45) is 5.92 Å². The number of hydrogen-bond acceptors (Lipinski definition) is 3. The number of para-hydroxylation sites is 1. The van der Waals surface area contributed by atoms with Crippen molar-refractivity contribution in [3.8, 4) is 0 Å². The summed E-state index contributed by atoms with van der Waals surface area (Å²) in [5, 5.41) is 2.88. The Bertz CT molecular complexity index is 928. The number of aryl methyl sites for hydroxylation is 1. The number of urea groups is 1. The highest BCUT2D eigenvalue weighted by Gasteiger charge is 2.47. The van der Waals surface area contributed by atoms with E-state index in [1.54, 1.807) is 29.2 Å². The van der Waals surface area contributed by atoms with Crippen LogP contribution in [0.4, 0.5) is 16.2 Å². The summed E-state index contributed by atoms with van der Waals surface area (Å²) in [4.78, 5) is 42.0. The van der Waals surface area contributed by atoms with Crippen molar-refractivity contribution < 1.29 is 14.4 Å². The van der Waals surface area contributed by atoms with E-state index in [0.29, 0.717) is 11.4 Å². The fraction of sp³-hybridized carbons (Fsp3) is 0.348. The van der Waals surface area contributed by atoms with E-state index in [9.17, 15) is 14.4 Å². The lowest BCUT2D eigenvalue weighted by Crippen LogP contribution is -2.64. The van der Waals surface area contributed by atoms with Crippen molar-refractivity contribution >= 4 is 29.2 Å². The number of imide groups is 1. The van der Waals surface area contributed by atoms with Gasteiger partial charge in [-0.15, -0.1) is 0 Å². The molecule has 2 fully saturated rings. The lowest BCUT2D eigenvalue weighted by molar-refractivity contribution is -0.128. The molecule has 0 aromatic heterocycles. The highest BCUT2D eigenvalue weighted by Crippen LogP contribution is 2.36. The molecule has 2 unspecified atom stereocenters. The van der Waals surface area contributed by atoms with Crippen molar-refractivity contribution in [2.75, 3.05) is 16.8 Å². The first kappa shape index (κ1) is 19.2. The Morgan fingerprint density at radius 2 is 1.79 bits per heavy atom. The number of nitrogens with zero attached hydrogens (tertiary/aromatic N) is 2. The second-order valence-electron chi connectivity index (χ2n) is 7.80. The van der Waals surface area contributed by atoms with E-state index < -0.39 is 6.03 Å². The van der Waals surface area contributed by atoms with E-state index in [1.165, 1.54) is 4.90 Å². The molecule has 150 valence electrons. The number of hydrogen-bond donors (Lipinski definition) is 1. The molecule has 0 radical (unpaired) electrons. The summed E-state index contributed by atoms with van der Waals surface area (Å²) >= 11 is 0. The molecule has 29 heavy (non-hydrogen) atoms. The molecule has 1 heterocycles. The lowest BCUT2D eigenvalue weighted by Gasteiger charge is -2.46.